The van der Waals surface area contributed by atoms with Crippen molar-refractivity contribution in [3.63, 3.8) is 0 Å². The number of aromatic nitrogens is 3. The van der Waals surface area contributed by atoms with Crippen molar-refractivity contribution in [2.75, 3.05) is 6.61 Å². The van der Waals surface area contributed by atoms with Crippen LogP contribution in [0.1, 0.15) is 83.6 Å². The third-order valence-corrected chi connectivity index (χ3v) is 7.07. The van der Waals surface area contributed by atoms with Crippen molar-refractivity contribution in [1.82, 2.24) is 13.9 Å². The number of hydrogen-bond donors (Lipinski definition) is 0. The summed E-state index contributed by atoms with van der Waals surface area (Å²) in [6.45, 7) is 3.18. The standard InChI is InChI=1S/C28H39N3O3/c1-2-3-4-5-6-7-8-9-10-11-15-18-25-21-26-23(22-34-25)19-20-29-27(32)30(28(33)31(26)29)24-16-13-12-14-17-24/h12-19,25-26H,2-11,20-22H2,1H3/b18-15+/t25-,26-/m1/s1. The Kier molecular flexibility index (Phi) is 8.80. The normalized spacial score (nSPS) is 19.7. The van der Waals surface area contributed by atoms with E-state index in [-0.39, 0.29) is 23.5 Å². The number of para-hydroxylation sites is 1. The van der Waals surface area contributed by atoms with E-state index >= 15 is 0 Å². The first-order chi connectivity index (χ1) is 16.7. The number of nitrogens with zero attached hydrogens (tertiary/aromatic N) is 3. The lowest BCUT2D eigenvalue weighted by atomic mass is 9.96. The molecule has 0 amide bonds. The molecule has 0 saturated carbocycles. The Hall–Kier alpha value is -2.60. The van der Waals surface area contributed by atoms with Crippen LogP contribution in [0, 0.1) is 0 Å². The average Bonchev–Trinajstić information content (AvgIpc) is 3.13. The van der Waals surface area contributed by atoms with Gasteiger partial charge in [-0.15, -0.1) is 0 Å². The van der Waals surface area contributed by atoms with E-state index in [0.717, 1.165) is 12.0 Å². The number of rotatable bonds is 12. The van der Waals surface area contributed by atoms with Gasteiger partial charge in [-0.1, -0.05) is 94.7 Å². The molecular weight excluding hydrogens is 426 g/mol. The van der Waals surface area contributed by atoms with E-state index in [1.807, 2.05) is 24.3 Å². The topological polar surface area (TPSA) is 58.2 Å². The van der Waals surface area contributed by atoms with Gasteiger partial charge in [0, 0.05) is 6.42 Å². The lowest BCUT2D eigenvalue weighted by Crippen LogP contribution is -2.40. The molecule has 0 N–H and O–H groups in total. The molecule has 0 bridgehead atoms. The molecule has 4 rings (SSSR count). The molecule has 34 heavy (non-hydrogen) atoms. The van der Waals surface area contributed by atoms with E-state index < -0.39 is 0 Å². The van der Waals surface area contributed by atoms with Crippen LogP contribution in [0.4, 0.5) is 0 Å². The number of allylic oxidation sites excluding steroid dienone is 2. The Morgan fingerprint density at radius 2 is 1.65 bits per heavy atom. The second-order valence-electron chi connectivity index (χ2n) is 9.59. The highest BCUT2D eigenvalue weighted by atomic mass is 16.5. The van der Waals surface area contributed by atoms with Crippen LogP contribution < -0.4 is 11.4 Å². The summed E-state index contributed by atoms with van der Waals surface area (Å²) in [7, 11) is 0. The fourth-order valence-corrected chi connectivity index (χ4v) is 5.11. The third-order valence-electron chi connectivity index (χ3n) is 7.07. The fourth-order valence-electron chi connectivity index (χ4n) is 5.11. The van der Waals surface area contributed by atoms with Gasteiger partial charge in [-0.05, 0) is 30.5 Å². The molecular formula is C28H39N3O3. The number of unbranched alkanes of at least 4 members (excludes halogenated alkanes) is 9. The van der Waals surface area contributed by atoms with Crippen molar-refractivity contribution >= 4 is 0 Å². The summed E-state index contributed by atoms with van der Waals surface area (Å²) in [6, 6.07) is 9.03. The minimum absolute atomic E-state index is 0.0330. The van der Waals surface area contributed by atoms with Gasteiger partial charge in [0.2, 0.25) is 0 Å². The van der Waals surface area contributed by atoms with Gasteiger partial charge in [-0.2, -0.15) is 0 Å². The molecule has 0 aliphatic carbocycles. The van der Waals surface area contributed by atoms with Gasteiger partial charge >= 0.3 is 11.4 Å². The zero-order valence-corrected chi connectivity index (χ0v) is 20.5. The lowest BCUT2D eigenvalue weighted by Gasteiger charge is -2.34. The van der Waals surface area contributed by atoms with Crippen LogP contribution in [-0.4, -0.2) is 26.6 Å². The predicted octanol–water partition coefficient (Wildman–Crippen LogP) is 5.55. The summed E-state index contributed by atoms with van der Waals surface area (Å²) in [6.07, 6.45) is 20.2. The summed E-state index contributed by atoms with van der Waals surface area (Å²) in [5, 5.41) is 0. The first kappa shape index (κ1) is 24.5. The summed E-state index contributed by atoms with van der Waals surface area (Å²) >= 11 is 0. The Labute approximate surface area is 202 Å². The van der Waals surface area contributed by atoms with Crippen LogP contribution in [0.5, 0.6) is 0 Å². The Morgan fingerprint density at radius 3 is 2.38 bits per heavy atom. The maximum Gasteiger partial charge on any atom is 0.352 e. The molecule has 0 unspecified atom stereocenters. The van der Waals surface area contributed by atoms with Crippen LogP contribution in [0.15, 0.2) is 63.7 Å². The molecule has 2 atom stereocenters. The summed E-state index contributed by atoms with van der Waals surface area (Å²) < 4.78 is 10.5. The molecule has 1 aromatic carbocycles. The minimum atomic E-state index is -0.282. The highest BCUT2D eigenvalue weighted by Gasteiger charge is 2.33. The first-order valence-electron chi connectivity index (χ1n) is 13.2. The molecule has 0 spiro atoms. The molecule has 6 nitrogen and oxygen atoms in total. The molecule has 0 radical (unpaired) electrons. The van der Waals surface area contributed by atoms with Crippen molar-refractivity contribution in [2.45, 2.75) is 96.2 Å². The van der Waals surface area contributed by atoms with Crippen LogP contribution in [0.25, 0.3) is 5.69 Å². The van der Waals surface area contributed by atoms with Crippen LogP contribution in [0.2, 0.25) is 0 Å². The van der Waals surface area contributed by atoms with E-state index in [1.165, 1.54) is 62.4 Å². The number of fused-ring (bicyclic) bond motifs is 3. The lowest BCUT2D eigenvalue weighted by molar-refractivity contribution is 0.0483. The fraction of sp³-hybridized carbons (Fsp3) is 0.571. The molecule has 3 heterocycles. The summed E-state index contributed by atoms with van der Waals surface area (Å²) in [4.78, 5) is 26.3. The van der Waals surface area contributed by atoms with E-state index in [2.05, 4.69) is 19.1 Å². The van der Waals surface area contributed by atoms with Crippen LogP contribution in [-0.2, 0) is 11.3 Å². The third kappa shape index (κ3) is 5.72. The number of benzene rings is 1. The maximum atomic E-state index is 13.3. The van der Waals surface area contributed by atoms with E-state index in [9.17, 15) is 9.59 Å². The highest BCUT2D eigenvalue weighted by molar-refractivity contribution is 5.31. The van der Waals surface area contributed by atoms with Gasteiger partial charge in [0.1, 0.15) is 0 Å². The molecule has 6 heteroatoms. The van der Waals surface area contributed by atoms with E-state index in [4.69, 9.17) is 4.74 Å². The quantitative estimate of drug-likeness (QED) is 0.305. The van der Waals surface area contributed by atoms with E-state index in [1.54, 1.807) is 21.5 Å². The van der Waals surface area contributed by atoms with Crippen molar-refractivity contribution in [1.29, 1.82) is 0 Å². The van der Waals surface area contributed by atoms with Gasteiger partial charge in [0.05, 0.1) is 31.0 Å². The molecule has 1 fully saturated rings. The first-order valence-corrected chi connectivity index (χ1v) is 13.2. The monoisotopic (exact) mass is 465 g/mol. The zero-order chi connectivity index (χ0) is 23.8. The number of ether oxygens (including phenoxy) is 1. The van der Waals surface area contributed by atoms with Crippen molar-refractivity contribution < 1.29 is 4.74 Å². The van der Waals surface area contributed by atoms with E-state index in [0.29, 0.717) is 25.3 Å². The van der Waals surface area contributed by atoms with Gasteiger partial charge < -0.3 is 4.74 Å². The summed E-state index contributed by atoms with van der Waals surface area (Å²) in [5.74, 6) is 0. The molecule has 2 aliphatic rings. The molecule has 2 aliphatic heterocycles. The minimum Gasteiger partial charge on any atom is -0.370 e. The smallest absolute Gasteiger partial charge is 0.352 e. The van der Waals surface area contributed by atoms with Crippen molar-refractivity contribution in [3.05, 3.63) is 75.1 Å². The molecule has 1 aromatic heterocycles. The highest BCUT2D eigenvalue weighted by Crippen LogP contribution is 2.31. The molecule has 184 valence electrons. The Morgan fingerprint density at radius 1 is 0.941 bits per heavy atom. The van der Waals surface area contributed by atoms with Crippen LogP contribution >= 0.6 is 0 Å². The maximum absolute atomic E-state index is 13.3. The molecule has 1 saturated heterocycles. The SMILES string of the molecule is CCCCCCCCCCC/C=C/[C@@H]1C[C@@H]2C(=CCn3c(=O)n(-c4ccccc4)c(=O)n32)CO1. The predicted molar refractivity (Wildman–Crippen MR) is 137 cm³/mol. The van der Waals surface area contributed by atoms with Crippen molar-refractivity contribution in [3.8, 4) is 5.69 Å². The van der Waals surface area contributed by atoms with Gasteiger partial charge in [-0.3, -0.25) is 0 Å². The largest absolute Gasteiger partial charge is 0.370 e. The molecule has 2 aromatic rings. The Balaban J connectivity index is 1.31. The van der Waals surface area contributed by atoms with Gasteiger partial charge in [0.15, 0.2) is 0 Å². The van der Waals surface area contributed by atoms with Crippen LogP contribution in [0.3, 0.4) is 0 Å². The summed E-state index contributed by atoms with van der Waals surface area (Å²) in [5.41, 5.74) is 1.15. The number of hydrogen-bond acceptors (Lipinski definition) is 3. The van der Waals surface area contributed by atoms with Crippen molar-refractivity contribution in [2.24, 2.45) is 0 Å². The van der Waals surface area contributed by atoms with Gasteiger partial charge in [-0.25, -0.2) is 23.5 Å². The Bertz CT molecular complexity index is 1090. The average molecular weight is 466 g/mol. The second kappa shape index (κ2) is 12.2. The second-order valence-corrected chi connectivity index (χ2v) is 9.59. The van der Waals surface area contributed by atoms with Gasteiger partial charge in [0.25, 0.3) is 0 Å². The zero-order valence-electron chi connectivity index (χ0n) is 20.5.